The summed E-state index contributed by atoms with van der Waals surface area (Å²) in [7, 11) is 0. The molecule has 0 fully saturated rings. The fraction of sp³-hybridized carbons (Fsp3) is 0. The van der Waals surface area contributed by atoms with Crippen molar-refractivity contribution < 1.29 is 5.11 Å². The van der Waals surface area contributed by atoms with Gasteiger partial charge in [0.15, 0.2) is 10.7 Å². The van der Waals surface area contributed by atoms with Gasteiger partial charge in [-0.3, -0.25) is 5.43 Å². The lowest BCUT2D eigenvalue weighted by Gasteiger charge is -2.00. The predicted molar refractivity (Wildman–Crippen MR) is 71.0 cm³/mol. The van der Waals surface area contributed by atoms with Crippen molar-refractivity contribution in [3.05, 3.63) is 39.7 Å². The number of aromatic hydroxyl groups is 1. The molecule has 0 saturated heterocycles. The third-order valence-corrected chi connectivity index (χ3v) is 3.03. The Bertz CT molecular complexity index is 615. The highest BCUT2D eigenvalue weighted by molar-refractivity contribution is 7.12. The van der Waals surface area contributed by atoms with Gasteiger partial charge in [-0.1, -0.05) is 11.6 Å². The molecule has 0 bridgehead atoms. The van der Waals surface area contributed by atoms with Gasteiger partial charge in [-0.25, -0.2) is 0 Å². The smallest absolute Gasteiger partial charge is 0.222 e. The molecule has 90 valence electrons. The van der Waals surface area contributed by atoms with Gasteiger partial charge in [0.2, 0.25) is 5.88 Å². The Kier molecular flexibility index (Phi) is 3.77. The van der Waals surface area contributed by atoms with Gasteiger partial charge in [0.05, 0.1) is 11.1 Å². The number of halogens is 1. The van der Waals surface area contributed by atoms with Crippen LogP contribution in [-0.2, 0) is 0 Å². The number of rotatable bonds is 3. The number of hydrazone groups is 1. The molecule has 1 heterocycles. The molecule has 1 aromatic carbocycles. The van der Waals surface area contributed by atoms with Gasteiger partial charge in [-0.15, -0.1) is 11.3 Å². The molecule has 0 amide bonds. The summed E-state index contributed by atoms with van der Waals surface area (Å²) in [4.78, 5) is 3.77. The van der Waals surface area contributed by atoms with Crippen LogP contribution in [0.2, 0.25) is 5.02 Å². The number of nitrogens with zero attached hydrogens (tertiary/aromatic N) is 3. The fourth-order valence-electron chi connectivity index (χ4n) is 1.14. The number of hydrogen-bond acceptors (Lipinski definition) is 6. The van der Waals surface area contributed by atoms with E-state index in [0.29, 0.717) is 15.7 Å². The van der Waals surface area contributed by atoms with E-state index in [9.17, 15) is 0 Å². The van der Waals surface area contributed by atoms with E-state index in [1.807, 2.05) is 6.07 Å². The first-order valence-electron chi connectivity index (χ1n) is 4.83. The fourth-order valence-corrected chi connectivity index (χ4v) is 1.88. The Morgan fingerprint density at radius 3 is 2.72 bits per heavy atom. The highest BCUT2D eigenvalue weighted by Crippen LogP contribution is 2.16. The molecular formula is C11H7ClN4OS. The Morgan fingerprint density at radius 1 is 1.44 bits per heavy atom. The zero-order valence-electron chi connectivity index (χ0n) is 8.96. The maximum absolute atomic E-state index is 9.11. The maximum Gasteiger partial charge on any atom is 0.222 e. The summed E-state index contributed by atoms with van der Waals surface area (Å²) >= 11 is 6.89. The molecule has 7 heteroatoms. The van der Waals surface area contributed by atoms with Gasteiger partial charge < -0.3 is 5.11 Å². The van der Waals surface area contributed by atoms with Gasteiger partial charge in [0.1, 0.15) is 6.07 Å². The Hall–Kier alpha value is -2.10. The van der Waals surface area contributed by atoms with Crippen molar-refractivity contribution in [2.75, 3.05) is 5.43 Å². The first-order chi connectivity index (χ1) is 8.69. The molecule has 2 rings (SSSR count). The minimum Gasteiger partial charge on any atom is -0.493 e. The molecule has 0 radical (unpaired) electrons. The SMILES string of the molecule is N#CC(=NNc1ccc(Cl)cc1)c1nc(O)cs1. The van der Waals surface area contributed by atoms with Crippen LogP contribution in [0.5, 0.6) is 5.88 Å². The lowest BCUT2D eigenvalue weighted by atomic mass is 10.3. The highest BCUT2D eigenvalue weighted by atomic mass is 35.5. The Morgan fingerprint density at radius 2 is 2.17 bits per heavy atom. The van der Waals surface area contributed by atoms with E-state index in [4.69, 9.17) is 22.0 Å². The molecule has 0 aliphatic rings. The van der Waals surface area contributed by atoms with Gasteiger partial charge in [0, 0.05) is 5.02 Å². The monoisotopic (exact) mass is 278 g/mol. The van der Waals surface area contributed by atoms with E-state index in [0.717, 1.165) is 11.3 Å². The summed E-state index contributed by atoms with van der Waals surface area (Å²) in [6.07, 6.45) is 0. The van der Waals surface area contributed by atoms with E-state index < -0.39 is 0 Å². The van der Waals surface area contributed by atoms with Crippen LogP contribution in [0.1, 0.15) is 5.01 Å². The zero-order chi connectivity index (χ0) is 13.0. The number of nitrogens with one attached hydrogen (secondary N) is 1. The minimum absolute atomic E-state index is 0.107. The summed E-state index contributed by atoms with van der Waals surface area (Å²) in [5.41, 5.74) is 3.53. The van der Waals surface area contributed by atoms with Crippen LogP contribution < -0.4 is 5.43 Å². The second kappa shape index (κ2) is 5.49. The summed E-state index contributed by atoms with van der Waals surface area (Å²) in [5.74, 6) is -0.121. The van der Waals surface area contributed by atoms with Crippen molar-refractivity contribution >= 4 is 34.3 Å². The van der Waals surface area contributed by atoms with Crippen LogP contribution in [-0.4, -0.2) is 15.8 Å². The number of hydrogen-bond donors (Lipinski definition) is 2. The topological polar surface area (TPSA) is 81.3 Å². The van der Waals surface area contributed by atoms with E-state index in [2.05, 4.69) is 15.5 Å². The molecule has 0 aliphatic carbocycles. The summed E-state index contributed by atoms with van der Waals surface area (Å²) in [5, 5.41) is 24.4. The molecule has 5 nitrogen and oxygen atoms in total. The standard InChI is InChI=1S/C11H7ClN4OS/c12-7-1-3-8(4-2-7)15-16-9(5-13)11-14-10(17)6-18-11/h1-4,6,15,17H. The molecule has 0 atom stereocenters. The lowest BCUT2D eigenvalue weighted by Crippen LogP contribution is -2.01. The second-order valence-electron chi connectivity index (χ2n) is 3.20. The molecule has 2 N–H and O–H groups in total. The maximum atomic E-state index is 9.11. The second-order valence-corrected chi connectivity index (χ2v) is 4.50. The molecule has 0 aliphatic heterocycles. The van der Waals surface area contributed by atoms with Crippen LogP contribution in [0, 0.1) is 11.3 Å². The van der Waals surface area contributed by atoms with E-state index in [-0.39, 0.29) is 11.6 Å². The quantitative estimate of drug-likeness (QED) is 0.668. The normalized spacial score (nSPS) is 11.0. The first-order valence-corrected chi connectivity index (χ1v) is 6.09. The van der Waals surface area contributed by atoms with Crippen LogP contribution in [0.25, 0.3) is 0 Å². The summed E-state index contributed by atoms with van der Waals surface area (Å²) in [6, 6.07) is 8.80. The van der Waals surface area contributed by atoms with Crippen LogP contribution in [0.4, 0.5) is 5.69 Å². The number of anilines is 1. The van der Waals surface area contributed by atoms with Crippen molar-refractivity contribution in [2.24, 2.45) is 5.10 Å². The molecule has 18 heavy (non-hydrogen) atoms. The first kappa shape index (κ1) is 12.4. The number of nitriles is 1. The molecule has 2 aromatic rings. The van der Waals surface area contributed by atoms with E-state index in [1.54, 1.807) is 24.3 Å². The van der Waals surface area contributed by atoms with Crippen molar-refractivity contribution in [1.29, 1.82) is 5.26 Å². The van der Waals surface area contributed by atoms with Crippen LogP contribution >= 0.6 is 22.9 Å². The van der Waals surface area contributed by atoms with Crippen LogP contribution in [0.15, 0.2) is 34.7 Å². The summed E-state index contributed by atoms with van der Waals surface area (Å²) in [6.45, 7) is 0. The third kappa shape index (κ3) is 2.97. The largest absolute Gasteiger partial charge is 0.493 e. The average molecular weight is 279 g/mol. The van der Waals surface area contributed by atoms with E-state index in [1.165, 1.54) is 5.38 Å². The van der Waals surface area contributed by atoms with Gasteiger partial charge >= 0.3 is 0 Å². The number of aromatic nitrogens is 1. The van der Waals surface area contributed by atoms with Gasteiger partial charge in [0.25, 0.3) is 0 Å². The molecule has 1 aromatic heterocycles. The van der Waals surface area contributed by atoms with Crippen molar-refractivity contribution in [2.45, 2.75) is 0 Å². The number of thiazole rings is 1. The van der Waals surface area contributed by atoms with E-state index >= 15 is 0 Å². The van der Waals surface area contributed by atoms with Gasteiger partial charge in [-0.2, -0.15) is 15.3 Å². The third-order valence-electron chi connectivity index (χ3n) is 1.94. The minimum atomic E-state index is -0.121. The average Bonchev–Trinajstić information content (AvgIpc) is 2.79. The molecular weight excluding hydrogens is 272 g/mol. The van der Waals surface area contributed by atoms with Gasteiger partial charge in [-0.05, 0) is 24.3 Å². The molecule has 0 saturated carbocycles. The van der Waals surface area contributed by atoms with Crippen molar-refractivity contribution in [1.82, 2.24) is 4.98 Å². The van der Waals surface area contributed by atoms with Crippen molar-refractivity contribution in [3.8, 4) is 11.9 Å². The molecule has 0 unspecified atom stereocenters. The highest BCUT2D eigenvalue weighted by Gasteiger charge is 2.08. The van der Waals surface area contributed by atoms with Crippen LogP contribution in [0.3, 0.4) is 0 Å². The van der Waals surface area contributed by atoms with Crippen molar-refractivity contribution in [3.63, 3.8) is 0 Å². The Labute approximate surface area is 112 Å². The predicted octanol–water partition coefficient (Wildman–Crippen LogP) is 2.84. The molecule has 0 spiro atoms. The number of benzene rings is 1. The zero-order valence-corrected chi connectivity index (χ0v) is 10.5. The summed E-state index contributed by atoms with van der Waals surface area (Å²) < 4.78 is 0. The lowest BCUT2D eigenvalue weighted by molar-refractivity contribution is 0.457. The Balaban J connectivity index is 2.16.